The molecule has 0 bridgehead atoms. The molecule has 0 aromatic carbocycles. The third-order valence-corrected chi connectivity index (χ3v) is 12.0. The minimum atomic E-state index is -0.809. The van der Waals surface area contributed by atoms with Gasteiger partial charge in [0.15, 0.2) is 0 Å². The molecule has 374 valence electrons. The van der Waals surface area contributed by atoms with E-state index in [0.29, 0.717) is 19.3 Å². The number of carbonyl (C=O) groups excluding carboxylic acids is 2. The van der Waals surface area contributed by atoms with Gasteiger partial charge in [-0.25, -0.2) is 0 Å². The van der Waals surface area contributed by atoms with Gasteiger partial charge in [-0.3, -0.25) is 9.59 Å². The number of ether oxygens (including phenoxy) is 1. The summed E-state index contributed by atoms with van der Waals surface area (Å²) in [4.78, 5) is 26.2. The number of unbranched alkanes of at least 4 members (excludes halogenated alkanes) is 24. The van der Waals surface area contributed by atoms with Crippen LogP contribution >= 0.6 is 0 Å². The standard InChI is InChI=1S/C59H103NO5/c1-4-7-10-13-16-19-22-24-26-28-30-32-34-37-40-43-46-49-52-59(64)65-55(50-47-44-41-38-36-33-31-29-27-25-23-20-17-14-11-8-5-2)53-58(63)60-56(54-61)57(62)51-48-45-42-39-35-21-18-15-12-9-6-3/h17,20,22,24-28,30-33,38,41,55-57,61-62H,4-16,18-19,21,23,29,34-37,39-40,42-54H2,1-3H3,(H,60,63)/b20-17-,24-22+,27-25-,28-26+,32-30+,33-31-,41-38-. The van der Waals surface area contributed by atoms with Gasteiger partial charge in [0.1, 0.15) is 6.10 Å². The summed E-state index contributed by atoms with van der Waals surface area (Å²) < 4.78 is 5.91. The fourth-order valence-corrected chi connectivity index (χ4v) is 7.83. The number of aliphatic hydroxyl groups is 2. The van der Waals surface area contributed by atoms with Crippen LogP contribution in [0.15, 0.2) is 85.1 Å². The smallest absolute Gasteiger partial charge is 0.306 e. The zero-order chi connectivity index (χ0) is 47.4. The van der Waals surface area contributed by atoms with Crippen molar-refractivity contribution in [3.05, 3.63) is 85.1 Å². The van der Waals surface area contributed by atoms with Crippen LogP contribution in [0.25, 0.3) is 0 Å². The van der Waals surface area contributed by atoms with E-state index in [1.807, 2.05) is 0 Å². The minimum absolute atomic E-state index is 0.0279. The van der Waals surface area contributed by atoms with Crippen LogP contribution < -0.4 is 5.32 Å². The van der Waals surface area contributed by atoms with Gasteiger partial charge in [-0.15, -0.1) is 0 Å². The molecule has 3 unspecified atom stereocenters. The van der Waals surface area contributed by atoms with Gasteiger partial charge in [0.2, 0.25) is 5.91 Å². The van der Waals surface area contributed by atoms with Crippen molar-refractivity contribution in [1.29, 1.82) is 0 Å². The average Bonchev–Trinajstić information content (AvgIpc) is 3.30. The highest BCUT2D eigenvalue weighted by Gasteiger charge is 2.24. The third-order valence-electron chi connectivity index (χ3n) is 12.0. The molecule has 6 nitrogen and oxygen atoms in total. The maximum atomic E-state index is 13.2. The first-order chi connectivity index (χ1) is 32.0. The summed E-state index contributed by atoms with van der Waals surface area (Å²) in [5.41, 5.74) is 0. The van der Waals surface area contributed by atoms with E-state index in [1.165, 1.54) is 109 Å². The van der Waals surface area contributed by atoms with Crippen molar-refractivity contribution >= 4 is 11.9 Å². The minimum Gasteiger partial charge on any atom is -0.462 e. The average molecular weight is 906 g/mol. The van der Waals surface area contributed by atoms with E-state index in [-0.39, 0.29) is 24.9 Å². The third kappa shape index (κ3) is 47.3. The van der Waals surface area contributed by atoms with Crippen LogP contribution in [-0.4, -0.2) is 46.9 Å². The molecule has 0 aliphatic rings. The van der Waals surface area contributed by atoms with E-state index in [9.17, 15) is 19.8 Å². The van der Waals surface area contributed by atoms with E-state index in [2.05, 4.69) is 111 Å². The summed E-state index contributed by atoms with van der Waals surface area (Å²) in [5.74, 6) is -0.553. The molecular formula is C59H103NO5. The number of amides is 1. The quantitative estimate of drug-likeness (QED) is 0.0245. The molecular weight excluding hydrogens is 803 g/mol. The van der Waals surface area contributed by atoms with Crippen molar-refractivity contribution < 1.29 is 24.5 Å². The highest BCUT2D eigenvalue weighted by molar-refractivity contribution is 5.77. The molecule has 6 heteroatoms. The zero-order valence-electron chi connectivity index (χ0n) is 42.6. The summed E-state index contributed by atoms with van der Waals surface area (Å²) in [7, 11) is 0. The molecule has 0 aromatic rings. The van der Waals surface area contributed by atoms with E-state index in [0.717, 1.165) is 96.3 Å². The van der Waals surface area contributed by atoms with E-state index >= 15 is 0 Å². The van der Waals surface area contributed by atoms with Gasteiger partial charge in [0.05, 0.1) is 25.2 Å². The topological polar surface area (TPSA) is 95.9 Å². The van der Waals surface area contributed by atoms with Gasteiger partial charge >= 0.3 is 5.97 Å². The Morgan fingerprint density at radius 2 is 0.862 bits per heavy atom. The predicted molar refractivity (Wildman–Crippen MR) is 282 cm³/mol. The Balaban J connectivity index is 4.73. The fraction of sp³-hybridized carbons (Fsp3) is 0.729. The lowest BCUT2D eigenvalue weighted by Crippen LogP contribution is -2.46. The summed E-state index contributed by atoms with van der Waals surface area (Å²) in [6, 6.07) is -0.727. The van der Waals surface area contributed by atoms with Crippen LogP contribution in [0.2, 0.25) is 0 Å². The Morgan fingerprint density at radius 3 is 1.37 bits per heavy atom. The molecule has 0 saturated heterocycles. The van der Waals surface area contributed by atoms with Crippen molar-refractivity contribution in [3.63, 3.8) is 0 Å². The lowest BCUT2D eigenvalue weighted by atomic mass is 10.0. The number of rotatable bonds is 48. The summed E-state index contributed by atoms with van der Waals surface area (Å²) in [6.07, 6.45) is 67.8. The van der Waals surface area contributed by atoms with Crippen molar-refractivity contribution in [3.8, 4) is 0 Å². The number of esters is 1. The number of allylic oxidation sites excluding steroid dienone is 14. The lowest BCUT2D eigenvalue weighted by Gasteiger charge is -2.24. The van der Waals surface area contributed by atoms with Crippen LogP contribution in [-0.2, 0) is 14.3 Å². The molecule has 0 aliphatic heterocycles. The molecule has 0 radical (unpaired) electrons. The van der Waals surface area contributed by atoms with Crippen molar-refractivity contribution in [2.45, 2.75) is 270 Å². The number of aliphatic hydroxyl groups excluding tert-OH is 2. The van der Waals surface area contributed by atoms with Gasteiger partial charge in [-0.05, 0) is 89.9 Å². The first-order valence-corrected chi connectivity index (χ1v) is 27.3. The highest BCUT2D eigenvalue weighted by atomic mass is 16.5. The van der Waals surface area contributed by atoms with E-state index in [1.54, 1.807) is 0 Å². The van der Waals surface area contributed by atoms with Crippen LogP contribution in [0.4, 0.5) is 0 Å². The second-order valence-electron chi connectivity index (χ2n) is 18.3. The number of carbonyl (C=O) groups is 2. The van der Waals surface area contributed by atoms with Gasteiger partial charge in [0.25, 0.3) is 0 Å². The van der Waals surface area contributed by atoms with Gasteiger partial charge in [0, 0.05) is 6.42 Å². The molecule has 0 fully saturated rings. The molecule has 65 heavy (non-hydrogen) atoms. The van der Waals surface area contributed by atoms with Crippen LogP contribution in [0.3, 0.4) is 0 Å². The second kappa shape index (κ2) is 52.0. The number of hydrogen-bond acceptors (Lipinski definition) is 5. The van der Waals surface area contributed by atoms with Crippen LogP contribution in [0.1, 0.15) is 252 Å². The molecule has 0 spiro atoms. The lowest BCUT2D eigenvalue weighted by molar-refractivity contribution is -0.151. The maximum Gasteiger partial charge on any atom is 0.306 e. The molecule has 1 amide bonds. The predicted octanol–water partition coefficient (Wildman–Crippen LogP) is 16.7. The Kier molecular flexibility index (Phi) is 49.6. The summed E-state index contributed by atoms with van der Waals surface area (Å²) in [6.45, 7) is 6.41. The molecule has 3 N–H and O–H groups in total. The van der Waals surface area contributed by atoms with Crippen molar-refractivity contribution in [2.24, 2.45) is 0 Å². The number of nitrogens with one attached hydrogen (secondary N) is 1. The second-order valence-corrected chi connectivity index (χ2v) is 18.3. The summed E-state index contributed by atoms with van der Waals surface area (Å²) in [5, 5.41) is 23.8. The molecule has 3 atom stereocenters. The monoisotopic (exact) mass is 906 g/mol. The zero-order valence-corrected chi connectivity index (χ0v) is 42.6. The Morgan fingerprint density at radius 1 is 0.462 bits per heavy atom. The largest absolute Gasteiger partial charge is 0.462 e. The molecule has 0 heterocycles. The first kappa shape index (κ1) is 62.0. The van der Waals surface area contributed by atoms with Crippen LogP contribution in [0.5, 0.6) is 0 Å². The molecule has 0 aliphatic carbocycles. The Bertz CT molecular complexity index is 1250. The molecule has 0 aromatic heterocycles. The maximum absolute atomic E-state index is 13.2. The van der Waals surface area contributed by atoms with Gasteiger partial charge in [-0.2, -0.15) is 0 Å². The highest BCUT2D eigenvalue weighted by Crippen LogP contribution is 2.17. The molecule has 0 rings (SSSR count). The van der Waals surface area contributed by atoms with Gasteiger partial charge < -0.3 is 20.3 Å². The number of hydrogen-bond donors (Lipinski definition) is 3. The van der Waals surface area contributed by atoms with Crippen LogP contribution in [0, 0.1) is 0 Å². The normalized spacial score (nSPS) is 13.9. The van der Waals surface area contributed by atoms with Crippen molar-refractivity contribution in [1.82, 2.24) is 5.32 Å². The Labute approximate surface area is 402 Å². The van der Waals surface area contributed by atoms with E-state index < -0.39 is 18.2 Å². The Hall–Kier alpha value is -2.96. The van der Waals surface area contributed by atoms with E-state index in [4.69, 9.17) is 4.74 Å². The van der Waals surface area contributed by atoms with Gasteiger partial charge in [-0.1, -0.05) is 234 Å². The molecule has 0 saturated carbocycles. The summed E-state index contributed by atoms with van der Waals surface area (Å²) >= 11 is 0. The first-order valence-electron chi connectivity index (χ1n) is 27.3. The fourth-order valence-electron chi connectivity index (χ4n) is 7.83. The van der Waals surface area contributed by atoms with Crippen molar-refractivity contribution in [2.75, 3.05) is 6.61 Å². The SMILES string of the molecule is CCCCC/C=C\C/C=C\C/C=C\C/C=C\CCCC(CC(=O)NC(CO)C(O)CCCCCCCCCCCCC)OC(=O)CCCCCCC/C=C/C=C/C=C/CCCCCCC.